The van der Waals surface area contributed by atoms with Crippen molar-refractivity contribution >= 4 is 7.85 Å². The lowest BCUT2D eigenvalue weighted by atomic mass is 9.83. The lowest BCUT2D eigenvalue weighted by molar-refractivity contribution is 0.588. The van der Waals surface area contributed by atoms with Crippen LogP contribution in [0.3, 0.4) is 0 Å². The Morgan fingerprint density at radius 3 is 2.07 bits per heavy atom. The fraction of sp³-hybridized carbons (Fsp3) is 0.538. The number of benzene rings is 1. The maximum absolute atomic E-state index is 5.69. The van der Waals surface area contributed by atoms with Crippen molar-refractivity contribution in [1.29, 1.82) is 0 Å². The van der Waals surface area contributed by atoms with E-state index in [2.05, 4.69) is 45.9 Å². The van der Waals surface area contributed by atoms with Crippen molar-refractivity contribution in [1.82, 2.24) is 0 Å². The summed E-state index contributed by atoms with van der Waals surface area (Å²) in [6.45, 7) is 8.90. The number of aryl methyl sites for hydroxylation is 1. The molecule has 0 aromatic heterocycles. The molecule has 0 unspecified atom stereocenters. The molecule has 0 fully saturated rings. The second-order valence-electron chi connectivity index (χ2n) is 4.85. The molecule has 0 bridgehead atoms. The van der Waals surface area contributed by atoms with E-state index in [9.17, 15) is 0 Å². The minimum Gasteiger partial charge on any atom is -0.0643 e. The van der Waals surface area contributed by atoms with Crippen LogP contribution in [0.5, 0.6) is 0 Å². The highest BCUT2D eigenvalue weighted by Gasteiger charge is 2.14. The highest BCUT2D eigenvalue weighted by molar-refractivity contribution is 6.08. The molecule has 0 aliphatic carbocycles. The van der Waals surface area contributed by atoms with Crippen LogP contribution in [0.2, 0.25) is 0 Å². The van der Waals surface area contributed by atoms with E-state index in [-0.39, 0.29) is 5.41 Å². The van der Waals surface area contributed by atoms with Gasteiger partial charge in [0.25, 0.3) is 0 Å². The van der Waals surface area contributed by atoms with Crippen LogP contribution in [0.4, 0.5) is 0 Å². The zero-order valence-corrected chi connectivity index (χ0v) is 9.72. The van der Waals surface area contributed by atoms with Crippen molar-refractivity contribution in [3.05, 3.63) is 34.9 Å². The average Bonchev–Trinajstić information content (AvgIpc) is 2.15. The summed E-state index contributed by atoms with van der Waals surface area (Å²) in [4.78, 5) is 0. The second kappa shape index (κ2) is 4.21. The summed E-state index contributed by atoms with van der Waals surface area (Å²) in [6.07, 6.45) is 1.72. The van der Waals surface area contributed by atoms with Crippen molar-refractivity contribution in [2.24, 2.45) is 0 Å². The molecule has 0 saturated heterocycles. The summed E-state index contributed by atoms with van der Waals surface area (Å²) in [6, 6.07) is 6.72. The van der Waals surface area contributed by atoms with Crippen LogP contribution < -0.4 is 0 Å². The molecule has 0 atom stereocenters. The first-order valence-electron chi connectivity index (χ1n) is 5.30. The molecule has 74 valence electrons. The van der Waals surface area contributed by atoms with Gasteiger partial charge in [0.15, 0.2) is 0 Å². The van der Waals surface area contributed by atoms with Crippen molar-refractivity contribution < 1.29 is 0 Å². The van der Waals surface area contributed by atoms with E-state index in [4.69, 9.17) is 7.85 Å². The Labute approximate surface area is 89.1 Å². The first-order valence-corrected chi connectivity index (χ1v) is 5.30. The van der Waals surface area contributed by atoms with Gasteiger partial charge in [0, 0.05) is 0 Å². The van der Waals surface area contributed by atoms with Gasteiger partial charge < -0.3 is 0 Å². The molecule has 1 heteroatoms. The lowest BCUT2D eigenvalue weighted by Crippen LogP contribution is -2.12. The molecule has 1 rings (SSSR count). The van der Waals surface area contributed by atoms with Gasteiger partial charge in [-0.25, -0.2) is 0 Å². The third-order valence-electron chi connectivity index (χ3n) is 2.56. The van der Waals surface area contributed by atoms with Gasteiger partial charge in [-0.05, 0) is 23.0 Å². The molecule has 1 aromatic carbocycles. The minimum atomic E-state index is 0.217. The maximum atomic E-state index is 5.69. The quantitative estimate of drug-likeness (QED) is 0.622. The van der Waals surface area contributed by atoms with Crippen LogP contribution in [0.15, 0.2) is 18.2 Å². The monoisotopic (exact) mass is 186 g/mol. The van der Waals surface area contributed by atoms with Gasteiger partial charge in [-0.15, -0.1) is 0 Å². The lowest BCUT2D eigenvalue weighted by Gasteiger charge is -2.21. The van der Waals surface area contributed by atoms with Gasteiger partial charge in [-0.1, -0.05) is 57.8 Å². The Morgan fingerprint density at radius 1 is 1.07 bits per heavy atom. The third kappa shape index (κ3) is 2.63. The summed E-state index contributed by atoms with van der Waals surface area (Å²) in [5.74, 6) is 0. The molecule has 14 heavy (non-hydrogen) atoms. The maximum Gasteiger partial charge on any atom is 0.0716 e. The van der Waals surface area contributed by atoms with Gasteiger partial charge in [-0.2, -0.15) is 0 Å². The predicted octanol–water partition coefficient (Wildman–Crippen LogP) is 3.22. The standard InChI is InChI=1S/C13H19B/c1-5-10-6-11(9-14)8-12(7-10)13(2,3)4/h6-8H,5,9H2,1-4H3. The minimum absolute atomic E-state index is 0.217. The van der Waals surface area contributed by atoms with Crippen LogP contribution in [0.25, 0.3) is 0 Å². The molecule has 1 aromatic rings. The molecule has 0 aliphatic heterocycles. The zero-order chi connectivity index (χ0) is 10.8. The first kappa shape index (κ1) is 11.4. The van der Waals surface area contributed by atoms with Crippen LogP contribution in [-0.2, 0) is 18.2 Å². The van der Waals surface area contributed by atoms with E-state index in [0.29, 0.717) is 6.32 Å². The summed E-state index contributed by atoms with van der Waals surface area (Å²) in [5, 5.41) is 0. The highest BCUT2D eigenvalue weighted by Crippen LogP contribution is 2.24. The van der Waals surface area contributed by atoms with E-state index in [1.807, 2.05) is 0 Å². The van der Waals surface area contributed by atoms with Crippen LogP contribution in [0, 0.1) is 0 Å². The van der Waals surface area contributed by atoms with Crippen molar-refractivity contribution in [3.8, 4) is 0 Å². The van der Waals surface area contributed by atoms with E-state index in [1.165, 1.54) is 16.7 Å². The Bertz CT molecular complexity index is 285. The van der Waals surface area contributed by atoms with E-state index < -0.39 is 0 Å². The van der Waals surface area contributed by atoms with Gasteiger partial charge >= 0.3 is 0 Å². The molecule has 0 aliphatic rings. The Balaban J connectivity index is 3.17. The van der Waals surface area contributed by atoms with Gasteiger partial charge in [0.2, 0.25) is 0 Å². The van der Waals surface area contributed by atoms with Crippen molar-refractivity contribution in [3.63, 3.8) is 0 Å². The van der Waals surface area contributed by atoms with Gasteiger partial charge in [-0.3, -0.25) is 0 Å². The van der Waals surface area contributed by atoms with Crippen molar-refractivity contribution in [2.45, 2.75) is 45.9 Å². The van der Waals surface area contributed by atoms with Crippen LogP contribution >= 0.6 is 0 Å². The fourth-order valence-electron chi connectivity index (χ4n) is 1.52. The summed E-state index contributed by atoms with van der Waals surface area (Å²) >= 11 is 0. The van der Waals surface area contributed by atoms with Gasteiger partial charge in [0.1, 0.15) is 0 Å². The Hall–Kier alpha value is -0.715. The topological polar surface area (TPSA) is 0 Å². The Morgan fingerprint density at radius 2 is 1.64 bits per heavy atom. The largest absolute Gasteiger partial charge is 0.0716 e. The molecule has 0 heterocycles. The van der Waals surface area contributed by atoms with E-state index >= 15 is 0 Å². The third-order valence-corrected chi connectivity index (χ3v) is 2.56. The molecule has 0 saturated carbocycles. The van der Waals surface area contributed by atoms with Crippen LogP contribution in [0.1, 0.15) is 44.4 Å². The number of hydrogen-bond acceptors (Lipinski definition) is 0. The SMILES string of the molecule is [B]Cc1cc(CC)cc(C(C)(C)C)c1. The molecule has 2 radical (unpaired) electrons. The normalized spacial score (nSPS) is 11.7. The average molecular weight is 186 g/mol. The smallest absolute Gasteiger partial charge is 0.0643 e. The van der Waals surface area contributed by atoms with E-state index in [1.54, 1.807) is 0 Å². The highest BCUT2D eigenvalue weighted by atomic mass is 14.2. The number of rotatable bonds is 2. The molecular formula is C13H19B. The fourth-order valence-corrected chi connectivity index (χ4v) is 1.52. The van der Waals surface area contributed by atoms with Gasteiger partial charge in [0.05, 0.1) is 7.85 Å². The summed E-state index contributed by atoms with van der Waals surface area (Å²) < 4.78 is 0. The molecule has 0 spiro atoms. The molecular weight excluding hydrogens is 167 g/mol. The second-order valence-corrected chi connectivity index (χ2v) is 4.85. The van der Waals surface area contributed by atoms with E-state index in [0.717, 1.165) is 6.42 Å². The first-order chi connectivity index (χ1) is 6.47. The molecule has 0 N–H and O–H groups in total. The zero-order valence-electron chi connectivity index (χ0n) is 9.72. The molecule has 0 nitrogen and oxygen atoms in total. The predicted molar refractivity (Wildman–Crippen MR) is 64.0 cm³/mol. The Kier molecular flexibility index (Phi) is 3.41. The molecule has 0 amide bonds. The summed E-state index contributed by atoms with van der Waals surface area (Å²) in [7, 11) is 5.69. The summed E-state index contributed by atoms with van der Waals surface area (Å²) in [5.41, 5.74) is 4.24. The van der Waals surface area contributed by atoms with Crippen molar-refractivity contribution in [2.75, 3.05) is 0 Å². The number of hydrogen-bond donors (Lipinski definition) is 0. The van der Waals surface area contributed by atoms with Crippen LogP contribution in [-0.4, -0.2) is 7.85 Å².